The van der Waals surface area contributed by atoms with E-state index >= 15 is 0 Å². The zero-order valence-corrected chi connectivity index (χ0v) is 13.7. The normalized spacial score (nSPS) is 29.2. The number of ketones is 1. The fourth-order valence-electron chi connectivity index (χ4n) is 3.38. The Balaban J connectivity index is 1.72. The van der Waals surface area contributed by atoms with Gasteiger partial charge in [0.05, 0.1) is 5.60 Å². The highest BCUT2D eigenvalue weighted by Gasteiger charge is 2.42. The maximum absolute atomic E-state index is 12.8. The fraction of sp³-hybridized carbons (Fsp3) is 0.611. The number of ether oxygens (including phenoxy) is 1. The van der Waals surface area contributed by atoms with E-state index < -0.39 is 0 Å². The summed E-state index contributed by atoms with van der Waals surface area (Å²) < 4.78 is 6.02. The molecule has 2 atom stereocenters. The van der Waals surface area contributed by atoms with E-state index in [1.54, 1.807) is 0 Å². The third-order valence-corrected chi connectivity index (χ3v) is 6.02. The Morgan fingerprint density at radius 2 is 2.10 bits per heavy atom. The van der Waals surface area contributed by atoms with Gasteiger partial charge >= 0.3 is 0 Å². The number of hydrogen-bond donors (Lipinski definition) is 0. The Bertz CT molecular complexity index is 500. The Kier molecular flexibility index (Phi) is 4.41. The molecule has 3 heteroatoms. The molecule has 1 spiro atoms. The first-order valence-electron chi connectivity index (χ1n) is 7.95. The highest BCUT2D eigenvalue weighted by Crippen LogP contribution is 2.41. The molecule has 0 radical (unpaired) electrons. The molecule has 3 rings (SSSR count). The average Bonchev–Trinajstić information content (AvgIpc) is 2.94. The van der Waals surface area contributed by atoms with Crippen molar-refractivity contribution in [3.05, 3.63) is 35.4 Å². The summed E-state index contributed by atoms with van der Waals surface area (Å²) in [5.74, 6) is 3.19. The van der Waals surface area contributed by atoms with Gasteiger partial charge in [-0.1, -0.05) is 38.1 Å². The van der Waals surface area contributed by atoms with Crippen molar-refractivity contribution in [1.82, 2.24) is 0 Å². The lowest BCUT2D eigenvalue weighted by Gasteiger charge is -2.37. The maximum Gasteiger partial charge on any atom is 0.166 e. The van der Waals surface area contributed by atoms with Crippen LogP contribution in [0, 0.1) is 5.92 Å². The topological polar surface area (TPSA) is 26.3 Å². The van der Waals surface area contributed by atoms with Crippen LogP contribution in [-0.2, 0) is 4.74 Å². The smallest absolute Gasteiger partial charge is 0.166 e. The lowest BCUT2D eigenvalue weighted by Crippen LogP contribution is -2.42. The molecular formula is C18H24O2S. The van der Waals surface area contributed by atoms with E-state index in [2.05, 4.69) is 26.0 Å². The minimum absolute atomic E-state index is 0.0128. The zero-order valence-electron chi connectivity index (χ0n) is 12.9. The number of Topliss-reactive ketones (excluding diaryl/α,β-unsaturated/α-hetero) is 1. The van der Waals surface area contributed by atoms with E-state index in [-0.39, 0.29) is 11.5 Å². The molecule has 2 aliphatic heterocycles. The van der Waals surface area contributed by atoms with E-state index in [1.807, 2.05) is 23.9 Å². The fourth-order valence-corrected chi connectivity index (χ4v) is 4.76. The largest absolute Gasteiger partial charge is 0.374 e. The van der Waals surface area contributed by atoms with Gasteiger partial charge in [0.1, 0.15) is 0 Å². The second-order valence-electron chi connectivity index (χ2n) is 6.66. The minimum Gasteiger partial charge on any atom is -0.374 e. The summed E-state index contributed by atoms with van der Waals surface area (Å²) in [5, 5.41) is 0. The van der Waals surface area contributed by atoms with Crippen molar-refractivity contribution in [1.29, 1.82) is 0 Å². The van der Waals surface area contributed by atoms with Crippen molar-refractivity contribution in [2.75, 3.05) is 18.1 Å². The van der Waals surface area contributed by atoms with Crippen LogP contribution in [0.4, 0.5) is 0 Å². The standard InChI is InChI=1S/C18H24O2S/c1-13(2)14-3-5-15(6-4-14)17(19)16-7-9-20-18(11-16)8-10-21-12-18/h3-6,13,16H,7-12H2,1-2H3. The summed E-state index contributed by atoms with van der Waals surface area (Å²) >= 11 is 1.96. The van der Waals surface area contributed by atoms with Crippen LogP contribution in [-0.4, -0.2) is 29.5 Å². The molecular weight excluding hydrogens is 280 g/mol. The molecule has 0 saturated carbocycles. The molecule has 0 aromatic heterocycles. The van der Waals surface area contributed by atoms with Crippen LogP contribution < -0.4 is 0 Å². The summed E-state index contributed by atoms with van der Waals surface area (Å²) in [5.41, 5.74) is 2.15. The number of rotatable bonds is 3. The molecule has 1 aromatic rings. The minimum atomic E-state index is -0.0128. The lowest BCUT2D eigenvalue weighted by atomic mass is 9.81. The second kappa shape index (κ2) is 6.13. The highest BCUT2D eigenvalue weighted by atomic mass is 32.2. The summed E-state index contributed by atoms with van der Waals surface area (Å²) in [6.45, 7) is 5.09. The van der Waals surface area contributed by atoms with Crippen LogP contribution in [0.15, 0.2) is 24.3 Å². The number of benzene rings is 1. The van der Waals surface area contributed by atoms with E-state index in [0.717, 1.165) is 37.2 Å². The van der Waals surface area contributed by atoms with Crippen molar-refractivity contribution in [3.63, 3.8) is 0 Å². The van der Waals surface area contributed by atoms with Gasteiger partial charge < -0.3 is 4.74 Å². The Hall–Kier alpha value is -0.800. The van der Waals surface area contributed by atoms with Gasteiger partial charge in [0, 0.05) is 23.8 Å². The molecule has 2 aliphatic rings. The summed E-state index contributed by atoms with van der Waals surface area (Å²) in [6.07, 6.45) is 2.88. The van der Waals surface area contributed by atoms with Crippen molar-refractivity contribution in [3.8, 4) is 0 Å². The van der Waals surface area contributed by atoms with Gasteiger partial charge in [0.25, 0.3) is 0 Å². The molecule has 0 aliphatic carbocycles. The second-order valence-corrected chi connectivity index (χ2v) is 7.77. The van der Waals surface area contributed by atoms with Crippen LogP contribution in [0.25, 0.3) is 0 Å². The third kappa shape index (κ3) is 3.19. The molecule has 0 N–H and O–H groups in total. The van der Waals surface area contributed by atoms with Crippen molar-refractivity contribution in [2.24, 2.45) is 5.92 Å². The van der Waals surface area contributed by atoms with Gasteiger partial charge in [0.15, 0.2) is 5.78 Å². The first-order valence-corrected chi connectivity index (χ1v) is 9.11. The SMILES string of the molecule is CC(C)c1ccc(C(=O)C2CCOC3(CCSC3)C2)cc1. The summed E-state index contributed by atoms with van der Waals surface area (Å²) in [4.78, 5) is 12.8. The zero-order chi connectivity index (χ0) is 14.9. The van der Waals surface area contributed by atoms with Crippen LogP contribution >= 0.6 is 11.8 Å². The Morgan fingerprint density at radius 1 is 1.33 bits per heavy atom. The highest BCUT2D eigenvalue weighted by molar-refractivity contribution is 7.99. The molecule has 114 valence electrons. The Labute approximate surface area is 131 Å². The van der Waals surface area contributed by atoms with Gasteiger partial charge in [0.2, 0.25) is 0 Å². The van der Waals surface area contributed by atoms with E-state index in [4.69, 9.17) is 4.74 Å². The van der Waals surface area contributed by atoms with Gasteiger partial charge in [-0.2, -0.15) is 11.8 Å². The van der Waals surface area contributed by atoms with Crippen molar-refractivity contribution in [2.45, 2.75) is 44.6 Å². The van der Waals surface area contributed by atoms with E-state index in [1.165, 1.54) is 11.3 Å². The predicted octanol–water partition coefficient (Wildman–Crippen LogP) is 4.30. The molecule has 0 bridgehead atoms. The first kappa shape index (κ1) is 15.1. The number of thioether (sulfide) groups is 1. The van der Waals surface area contributed by atoms with Crippen LogP contribution in [0.5, 0.6) is 0 Å². The first-order chi connectivity index (χ1) is 10.1. The predicted molar refractivity (Wildman–Crippen MR) is 88.2 cm³/mol. The van der Waals surface area contributed by atoms with E-state index in [9.17, 15) is 4.79 Å². The molecule has 0 amide bonds. The number of carbonyl (C=O) groups is 1. The van der Waals surface area contributed by atoms with Gasteiger partial charge in [-0.25, -0.2) is 0 Å². The lowest BCUT2D eigenvalue weighted by molar-refractivity contribution is -0.0734. The number of hydrogen-bond acceptors (Lipinski definition) is 3. The van der Waals surface area contributed by atoms with Gasteiger partial charge in [-0.15, -0.1) is 0 Å². The monoisotopic (exact) mass is 304 g/mol. The maximum atomic E-state index is 12.8. The van der Waals surface area contributed by atoms with Crippen molar-refractivity contribution < 1.29 is 9.53 Å². The van der Waals surface area contributed by atoms with E-state index in [0.29, 0.717) is 11.7 Å². The number of carbonyl (C=O) groups excluding carboxylic acids is 1. The van der Waals surface area contributed by atoms with Crippen molar-refractivity contribution >= 4 is 17.5 Å². The molecule has 1 aromatic carbocycles. The summed E-state index contributed by atoms with van der Waals surface area (Å²) in [6, 6.07) is 8.20. The quantitative estimate of drug-likeness (QED) is 0.779. The molecule has 21 heavy (non-hydrogen) atoms. The Morgan fingerprint density at radius 3 is 2.71 bits per heavy atom. The summed E-state index contributed by atoms with van der Waals surface area (Å²) in [7, 11) is 0. The van der Waals surface area contributed by atoms with Gasteiger partial charge in [-0.3, -0.25) is 4.79 Å². The molecule has 2 unspecified atom stereocenters. The van der Waals surface area contributed by atoms with Crippen LogP contribution in [0.2, 0.25) is 0 Å². The third-order valence-electron chi connectivity index (χ3n) is 4.79. The van der Waals surface area contributed by atoms with Gasteiger partial charge in [-0.05, 0) is 36.5 Å². The average molecular weight is 304 g/mol. The molecule has 2 nitrogen and oxygen atoms in total. The molecule has 2 saturated heterocycles. The van der Waals surface area contributed by atoms with Crippen LogP contribution in [0.3, 0.4) is 0 Å². The molecule has 2 fully saturated rings. The van der Waals surface area contributed by atoms with Crippen LogP contribution in [0.1, 0.15) is 54.9 Å². The molecule has 2 heterocycles.